The number of rotatable bonds is 6. The average Bonchev–Trinajstić information content (AvgIpc) is 2.52. The van der Waals surface area contributed by atoms with Crippen LogP contribution in [0.25, 0.3) is 0 Å². The molecule has 1 fully saturated rings. The fourth-order valence-corrected chi connectivity index (χ4v) is 2.69. The van der Waals surface area contributed by atoms with E-state index in [1.54, 1.807) is 0 Å². The number of carbonyl (C=O) groups is 1. The van der Waals surface area contributed by atoms with E-state index in [0.29, 0.717) is 0 Å². The lowest BCUT2D eigenvalue weighted by Crippen LogP contribution is -2.38. The first-order chi connectivity index (χ1) is 10.2. The first kappa shape index (κ1) is 15.8. The van der Waals surface area contributed by atoms with Gasteiger partial charge in [0.05, 0.1) is 0 Å². The van der Waals surface area contributed by atoms with Crippen molar-refractivity contribution < 1.29 is 9.53 Å². The molecule has 1 aromatic rings. The molecule has 0 unspecified atom stereocenters. The molecule has 1 saturated heterocycles. The second-order valence-electron chi connectivity index (χ2n) is 5.57. The first-order valence-corrected chi connectivity index (χ1v) is 7.92. The predicted molar refractivity (Wildman–Crippen MR) is 84.5 cm³/mol. The number of ether oxygens (including phenoxy) is 1. The third-order valence-electron chi connectivity index (χ3n) is 3.91. The number of nitrogens with one attached hydrogen (secondary N) is 1. The van der Waals surface area contributed by atoms with Crippen LogP contribution < -0.4 is 10.1 Å². The van der Waals surface area contributed by atoms with Crippen LogP contribution in [-0.2, 0) is 11.3 Å². The van der Waals surface area contributed by atoms with Crippen molar-refractivity contribution in [2.24, 2.45) is 0 Å². The lowest BCUT2D eigenvalue weighted by atomic mass is 10.1. The molecule has 4 nitrogen and oxygen atoms in total. The van der Waals surface area contributed by atoms with Gasteiger partial charge in [-0.15, -0.1) is 0 Å². The van der Waals surface area contributed by atoms with Gasteiger partial charge >= 0.3 is 0 Å². The van der Waals surface area contributed by atoms with Crippen LogP contribution in [0.2, 0.25) is 0 Å². The maximum atomic E-state index is 12.2. The standard InChI is InChI=1S/C17H26N2O2/c1-3-18-12-15-9-7-8-14(2)17(15)21-13-16(20)19-10-5-4-6-11-19/h7-9,18H,3-6,10-13H2,1-2H3. The highest BCUT2D eigenvalue weighted by Crippen LogP contribution is 2.23. The summed E-state index contributed by atoms with van der Waals surface area (Å²) in [5.41, 5.74) is 2.19. The van der Waals surface area contributed by atoms with Gasteiger partial charge in [0.2, 0.25) is 0 Å². The number of amides is 1. The Balaban J connectivity index is 1.96. The van der Waals surface area contributed by atoms with Crippen LogP contribution in [0.15, 0.2) is 18.2 Å². The van der Waals surface area contributed by atoms with Gasteiger partial charge in [0.15, 0.2) is 6.61 Å². The Kier molecular flexibility index (Phi) is 6.05. The Hall–Kier alpha value is -1.55. The molecule has 2 rings (SSSR count). The Bertz CT molecular complexity index is 468. The molecular weight excluding hydrogens is 264 g/mol. The zero-order valence-electron chi connectivity index (χ0n) is 13.2. The van der Waals surface area contributed by atoms with Crippen molar-refractivity contribution >= 4 is 5.91 Å². The van der Waals surface area contributed by atoms with E-state index in [0.717, 1.165) is 55.9 Å². The number of hydrogen-bond acceptors (Lipinski definition) is 3. The minimum absolute atomic E-state index is 0.104. The second kappa shape index (κ2) is 8.03. The Labute approximate surface area is 127 Å². The fraction of sp³-hybridized carbons (Fsp3) is 0.588. The summed E-state index contributed by atoms with van der Waals surface area (Å²) in [6, 6.07) is 6.10. The molecule has 1 heterocycles. The Morgan fingerprint density at radius 3 is 2.76 bits per heavy atom. The van der Waals surface area contributed by atoms with Gasteiger partial charge in [-0.05, 0) is 38.3 Å². The van der Waals surface area contributed by atoms with Crippen molar-refractivity contribution in [3.05, 3.63) is 29.3 Å². The Morgan fingerprint density at radius 2 is 2.05 bits per heavy atom. The van der Waals surface area contributed by atoms with Crippen LogP contribution in [-0.4, -0.2) is 37.0 Å². The molecule has 0 spiro atoms. The molecular formula is C17H26N2O2. The maximum Gasteiger partial charge on any atom is 0.260 e. The van der Waals surface area contributed by atoms with Crippen LogP contribution in [0, 0.1) is 6.92 Å². The molecule has 4 heteroatoms. The van der Waals surface area contributed by atoms with Crippen molar-refractivity contribution in [3.8, 4) is 5.75 Å². The molecule has 0 saturated carbocycles. The molecule has 1 N–H and O–H groups in total. The van der Waals surface area contributed by atoms with Gasteiger partial charge in [-0.25, -0.2) is 0 Å². The number of likely N-dealkylation sites (tertiary alicyclic amines) is 1. The van der Waals surface area contributed by atoms with Crippen LogP contribution in [0.4, 0.5) is 0 Å². The van der Waals surface area contributed by atoms with E-state index >= 15 is 0 Å². The first-order valence-electron chi connectivity index (χ1n) is 7.92. The molecule has 0 aliphatic carbocycles. The van der Waals surface area contributed by atoms with Gasteiger partial charge < -0.3 is 15.0 Å². The molecule has 1 aliphatic rings. The molecule has 0 atom stereocenters. The van der Waals surface area contributed by atoms with E-state index in [1.165, 1.54) is 6.42 Å². The molecule has 21 heavy (non-hydrogen) atoms. The highest BCUT2D eigenvalue weighted by Gasteiger charge is 2.17. The predicted octanol–water partition coefficient (Wildman–Crippen LogP) is 2.50. The van der Waals surface area contributed by atoms with Crippen LogP contribution in [0.1, 0.15) is 37.3 Å². The quantitative estimate of drug-likeness (QED) is 0.875. The van der Waals surface area contributed by atoms with E-state index in [4.69, 9.17) is 4.74 Å². The summed E-state index contributed by atoms with van der Waals surface area (Å²) in [4.78, 5) is 14.1. The number of nitrogens with zero attached hydrogens (tertiary/aromatic N) is 1. The van der Waals surface area contributed by atoms with Crippen LogP contribution in [0.3, 0.4) is 0 Å². The zero-order chi connectivity index (χ0) is 15.1. The summed E-state index contributed by atoms with van der Waals surface area (Å²) in [6.07, 6.45) is 3.46. The topological polar surface area (TPSA) is 41.6 Å². The summed E-state index contributed by atoms with van der Waals surface area (Å²) < 4.78 is 5.85. The lowest BCUT2D eigenvalue weighted by Gasteiger charge is -2.27. The number of para-hydroxylation sites is 1. The molecule has 0 aromatic heterocycles. The third kappa shape index (κ3) is 4.46. The number of benzene rings is 1. The average molecular weight is 290 g/mol. The second-order valence-corrected chi connectivity index (χ2v) is 5.57. The van der Waals surface area contributed by atoms with Gasteiger partial charge in [0, 0.05) is 25.2 Å². The van der Waals surface area contributed by atoms with Gasteiger partial charge in [-0.1, -0.05) is 25.1 Å². The van der Waals surface area contributed by atoms with Crippen molar-refractivity contribution in [2.75, 3.05) is 26.2 Å². The number of aryl methyl sites for hydroxylation is 1. The highest BCUT2D eigenvalue weighted by atomic mass is 16.5. The summed E-state index contributed by atoms with van der Waals surface area (Å²) >= 11 is 0. The van der Waals surface area contributed by atoms with E-state index in [1.807, 2.05) is 24.0 Å². The van der Waals surface area contributed by atoms with Crippen LogP contribution >= 0.6 is 0 Å². The van der Waals surface area contributed by atoms with Crippen LogP contribution in [0.5, 0.6) is 5.75 Å². The Morgan fingerprint density at radius 1 is 1.29 bits per heavy atom. The number of piperidine rings is 1. The van der Waals surface area contributed by atoms with E-state index in [9.17, 15) is 4.79 Å². The smallest absolute Gasteiger partial charge is 0.260 e. The largest absolute Gasteiger partial charge is 0.483 e. The van der Waals surface area contributed by atoms with Gasteiger partial charge in [0.25, 0.3) is 5.91 Å². The maximum absolute atomic E-state index is 12.2. The minimum Gasteiger partial charge on any atom is -0.483 e. The van der Waals surface area contributed by atoms with Crippen molar-refractivity contribution in [1.82, 2.24) is 10.2 Å². The molecule has 1 aliphatic heterocycles. The number of hydrogen-bond donors (Lipinski definition) is 1. The fourth-order valence-electron chi connectivity index (χ4n) is 2.69. The minimum atomic E-state index is 0.104. The third-order valence-corrected chi connectivity index (χ3v) is 3.91. The highest BCUT2D eigenvalue weighted by molar-refractivity contribution is 5.78. The number of carbonyl (C=O) groups excluding carboxylic acids is 1. The van der Waals surface area contributed by atoms with Gasteiger partial charge in [0.1, 0.15) is 5.75 Å². The zero-order valence-corrected chi connectivity index (χ0v) is 13.2. The van der Waals surface area contributed by atoms with Gasteiger partial charge in [-0.2, -0.15) is 0 Å². The SMILES string of the molecule is CCNCc1cccc(C)c1OCC(=O)N1CCCCC1. The molecule has 1 aromatic carbocycles. The van der Waals surface area contributed by atoms with E-state index < -0.39 is 0 Å². The van der Waals surface area contributed by atoms with Crippen molar-refractivity contribution in [3.63, 3.8) is 0 Å². The van der Waals surface area contributed by atoms with E-state index in [2.05, 4.69) is 18.3 Å². The molecule has 0 bridgehead atoms. The summed E-state index contributed by atoms with van der Waals surface area (Å²) in [7, 11) is 0. The van der Waals surface area contributed by atoms with Gasteiger partial charge in [-0.3, -0.25) is 4.79 Å². The molecule has 1 amide bonds. The summed E-state index contributed by atoms with van der Waals surface area (Å²) in [5, 5.41) is 3.31. The summed E-state index contributed by atoms with van der Waals surface area (Å²) in [5.74, 6) is 0.955. The van der Waals surface area contributed by atoms with Crippen molar-refractivity contribution in [2.45, 2.75) is 39.7 Å². The van der Waals surface area contributed by atoms with Crippen molar-refractivity contribution in [1.29, 1.82) is 0 Å². The lowest BCUT2D eigenvalue weighted by molar-refractivity contribution is -0.134. The van der Waals surface area contributed by atoms with E-state index in [-0.39, 0.29) is 12.5 Å². The molecule has 0 radical (unpaired) electrons. The summed E-state index contributed by atoms with van der Waals surface area (Å²) in [6.45, 7) is 7.68. The normalized spacial score (nSPS) is 15.0. The monoisotopic (exact) mass is 290 g/mol. The molecule has 116 valence electrons.